The van der Waals surface area contributed by atoms with Gasteiger partial charge < -0.3 is 0 Å². The summed E-state index contributed by atoms with van der Waals surface area (Å²) in [6, 6.07) is 0. The van der Waals surface area contributed by atoms with Crippen molar-refractivity contribution in [1.82, 2.24) is 0 Å². The van der Waals surface area contributed by atoms with Crippen LogP contribution in [0.25, 0.3) is 0 Å². The molecular weight excluding hydrogens is 252 g/mol. The molecule has 21 heavy (non-hydrogen) atoms. The Bertz CT molecular complexity index is 210. The van der Waals surface area contributed by atoms with Crippen molar-refractivity contribution in [1.29, 1.82) is 0 Å². The normalized spacial score (nSPS) is 26.9. The minimum Gasteiger partial charge on any atom is -0.0533 e. The molecule has 2 fully saturated rings. The lowest BCUT2D eigenvalue weighted by atomic mass is 9.77. The van der Waals surface area contributed by atoms with Crippen molar-refractivity contribution in [2.24, 2.45) is 5.92 Å². The van der Waals surface area contributed by atoms with Crippen molar-refractivity contribution in [3.05, 3.63) is 5.92 Å². The first-order chi connectivity index (χ1) is 10.5. The van der Waals surface area contributed by atoms with E-state index in [4.69, 9.17) is 0 Å². The average molecular weight is 292 g/mol. The van der Waals surface area contributed by atoms with Crippen LogP contribution in [0.3, 0.4) is 0 Å². The molecule has 1 radical (unpaired) electrons. The summed E-state index contributed by atoms with van der Waals surface area (Å²) in [6.45, 7) is 0. The van der Waals surface area contributed by atoms with E-state index >= 15 is 0 Å². The van der Waals surface area contributed by atoms with E-state index in [0.717, 1.165) is 5.92 Å². The molecule has 0 aromatic rings. The van der Waals surface area contributed by atoms with Crippen LogP contribution in [0.5, 0.6) is 0 Å². The summed E-state index contributed by atoms with van der Waals surface area (Å²) >= 11 is 0. The summed E-state index contributed by atoms with van der Waals surface area (Å²) in [7, 11) is 0. The summed E-state index contributed by atoms with van der Waals surface area (Å²) in [5, 5.41) is 0. The number of rotatable bonds is 1. The molecule has 0 aliphatic heterocycles. The highest BCUT2D eigenvalue weighted by Gasteiger charge is 2.21. The van der Waals surface area contributed by atoms with Crippen molar-refractivity contribution < 1.29 is 0 Å². The van der Waals surface area contributed by atoms with E-state index in [1.165, 1.54) is 122 Å². The van der Waals surface area contributed by atoms with Crippen LogP contribution in [0.1, 0.15) is 122 Å². The van der Waals surface area contributed by atoms with E-state index in [-0.39, 0.29) is 0 Å². The fraction of sp³-hybridized carbons (Fsp3) is 0.952. The first-order valence-electron chi connectivity index (χ1n) is 10.3. The second-order valence-electron chi connectivity index (χ2n) is 7.74. The van der Waals surface area contributed by atoms with Gasteiger partial charge in [-0.05, 0) is 37.5 Å². The van der Waals surface area contributed by atoms with Gasteiger partial charge in [-0.25, -0.2) is 0 Å². The Morgan fingerprint density at radius 2 is 0.714 bits per heavy atom. The first-order valence-corrected chi connectivity index (χ1v) is 10.3. The summed E-state index contributed by atoms with van der Waals surface area (Å²) in [5.74, 6) is 3.00. The van der Waals surface area contributed by atoms with Crippen LogP contribution in [0.4, 0.5) is 0 Å². The number of hydrogen-bond acceptors (Lipinski definition) is 0. The highest BCUT2D eigenvalue weighted by atomic mass is 14.3. The highest BCUT2D eigenvalue weighted by Crippen LogP contribution is 2.36. The van der Waals surface area contributed by atoms with Crippen molar-refractivity contribution >= 4 is 0 Å². The van der Waals surface area contributed by atoms with Crippen LogP contribution in [0.2, 0.25) is 0 Å². The Hall–Kier alpha value is 0. The van der Waals surface area contributed by atoms with E-state index in [1.54, 1.807) is 0 Å². The Morgan fingerprint density at radius 1 is 0.381 bits per heavy atom. The molecule has 2 rings (SSSR count). The zero-order valence-electron chi connectivity index (χ0n) is 14.5. The molecule has 0 aromatic heterocycles. The molecule has 2 saturated carbocycles. The van der Waals surface area contributed by atoms with E-state index in [2.05, 4.69) is 0 Å². The van der Waals surface area contributed by atoms with Crippen LogP contribution < -0.4 is 0 Å². The Kier molecular flexibility index (Phi) is 9.55. The lowest BCUT2D eigenvalue weighted by molar-refractivity contribution is 0.364. The maximum atomic E-state index is 2.00. The molecule has 0 unspecified atom stereocenters. The van der Waals surface area contributed by atoms with Gasteiger partial charge >= 0.3 is 0 Å². The maximum absolute atomic E-state index is 2.00. The average Bonchev–Trinajstić information content (AvgIpc) is 2.58. The van der Waals surface area contributed by atoms with Crippen molar-refractivity contribution in [3.63, 3.8) is 0 Å². The van der Waals surface area contributed by atoms with Crippen molar-refractivity contribution in [2.75, 3.05) is 0 Å². The smallest absolute Gasteiger partial charge is 0.0210 e. The van der Waals surface area contributed by atoms with Gasteiger partial charge in [-0.3, -0.25) is 0 Å². The van der Waals surface area contributed by atoms with Crippen LogP contribution in [-0.4, -0.2) is 0 Å². The molecule has 0 aromatic carbocycles. The minimum absolute atomic E-state index is 1.00. The second kappa shape index (κ2) is 11.6. The molecule has 0 nitrogen and oxygen atoms in total. The van der Waals surface area contributed by atoms with Crippen LogP contribution in [0.15, 0.2) is 0 Å². The Balaban J connectivity index is 1.82. The van der Waals surface area contributed by atoms with Gasteiger partial charge in [0.25, 0.3) is 0 Å². The van der Waals surface area contributed by atoms with Crippen LogP contribution in [0, 0.1) is 11.8 Å². The summed E-state index contributed by atoms with van der Waals surface area (Å²) in [5.41, 5.74) is 0. The zero-order valence-corrected chi connectivity index (χ0v) is 14.5. The lowest BCUT2D eigenvalue weighted by Crippen LogP contribution is -2.14. The molecule has 0 atom stereocenters. The Labute approximate surface area is 134 Å². The van der Waals surface area contributed by atoms with Crippen molar-refractivity contribution in [2.45, 2.75) is 122 Å². The molecule has 0 amide bonds. The molecule has 0 heterocycles. The van der Waals surface area contributed by atoms with E-state index in [0.29, 0.717) is 0 Å². The molecule has 0 spiro atoms. The molecule has 2 aliphatic rings. The molecule has 123 valence electrons. The SMILES string of the molecule is C1CCCCC[C](C2CCCCCCCCC2)CCCC1. The van der Waals surface area contributed by atoms with Gasteiger partial charge in [0.05, 0.1) is 0 Å². The second-order valence-corrected chi connectivity index (χ2v) is 7.74. The third-order valence-corrected chi connectivity index (χ3v) is 5.93. The van der Waals surface area contributed by atoms with Gasteiger partial charge in [0, 0.05) is 0 Å². The third kappa shape index (κ3) is 7.71. The van der Waals surface area contributed by atoms with Gasteiger partial charge in [-0.1, -0.05) is 96.3 Å². The molecule has 0 bridgehead atoms. The molecule has 2 aliphatic carbocycles. The van der Waals surface area contributed by atoms with E-state index in [9.17, 15) is 0 Å². The fourth-order valence-corrected chi connectivity index (χ4v) is 4.52. The van der Waals surface area contributed by atoms with Gasteiger partial charge in [0.1, 0.15) is 0 Å². The molecule has 0 N–H and O–H groups in total. The van der Waals surface area contributed by atoms with Crippen LogP contribution in [-0.2, 0) is 0 Å². The largest absolute Gasteiger partial charge is 0.0533 e. The first kappa shape index (κ1) is 17.4. The lowest BCUT2D eigenvalue weighted by Gasteiger charge is -2.28. The standard InChI is InChI=1S/C21H39/c1-2-5-9-13-17-20(16-12-8-4-1)21-18-14-10-6-3-7-11-15-19-21/h21H,1-19H2. The quantitative estimate of drug-likeness (QED) is 0.466. The molecule has 0 saturated heterocycles. The molecular formula is C21H39. The topological polar surface area (TPSA) is 0 Å². The predicted octanol–water partition coefficient (Wildman–Crippen LogP) is 7.62. The monoisotopic (exact) mass is 291 g/mol. The number of hydrogen-bond donors (Lipinski definition) is 0. The van der Waals surface area contributed by atoms with Crippen LogP contribution >= 0.6 is 0 Å². The fourth-order valence-electron chi connectivity index (χ4n) is 4.52. The summed E-state index contributed by atoms with van der Waals surface area (Å²) in [4.78, 5) is 0. The maximum Gasteiger partial charge on any atom is -0.0210 e. The highest BCUT2D eigenvalue weighted by molar-refractivity contribution is 4.96. The van der Waals surface area contributed by atoms with Gasteiger partial charge in [0.2, 0.25) is 0 Å². The van der Waals surface area contributed by atoms with Gasteiger partial charge in [0.15, 0.2) is 0 Å². The predicted molar refractivity (Wildman–Crippen MR) is 94.5 cm³/mol. The summed E-state index contributed by atoms with van der Waals surface area (Å²) < 4.78 is 0. The Morgan fingerprint density at radius 3 is 1.14 bits per heavy atom. The van der Waals surface area contributed by atoms with E-state index < -0.39 is 0 Å². The zero-order chi connectivity index (χ0) is 14.6. The van der Waals surface area contributed by atoms with Gasteiger partial charge in [-0.2, -0.15) is 0 Å². The molecule has 0 heteroatoms. The summed E-state index contributed by atoms with van der Waals surface area (Å²) in [6.07, 6.45) is 28.5. The minimum atomic E-state index is 1.00. The third-order valence-electron chi connectivity index (χ3n) is 5.93. The van der Waals surface area contributed by atoms with Gasteiger partial charge in [-0.15, -0.1) is 0 Å². The van der Waals surface area contributed by atoms with E-state index in [1.807, 2.05) is 5.92 Å². The van der Waals surface area contributed by atoms with Crippen molar-refractivity contribution in [3.8, 4) is 0 Å².